The maximum Gasteiger partial charge on any atom is 0.271 e. The zero-order valence-electron chi connectivity index (χ0n) is 7.59. The van der Waals surface area contributed by atoms with Gasteiger partial charge in [0.05, 0.1) is 5.56 Å². The van der Waals surface area contributed by atoms with Gasteiger partial charge in [0, 0.05) is 0 Å². The molecule has 0 atom stereocenters. The summed E-state index contributed by atoms with van der Waals surface area (Å²) in [5.41, 5.74) is -0.904. The van der Waals surface area contributed by atoms with Gasteiger partial charge in [-0.05, 0) is 30.2 Å². The molecule has 0 saturated heterocycles. The second-order valence-electron chi connectivity index (χ2n) is 2.78. The van der Waals surface area contributed by atoms with Crippen LogP contribution in [0.1, 0.15) is 33.7 Å². The molecule has 6 heteroatoms. The van der Waals surface area contributed by atoms with E-state index >= 15 is 0 Å². The fourth-order valence-electron chi connectivity index (χ4n) is 1.09. The molecule has 0 aromatic carbocycles. The lowest BCUT2D eigenvalue weighted by molar-refractivity contribution is 0.107. The zero-order chi connectivity index (χ0) is 11.6. The number of nitrogens with zero attached hydrogens (tertiary/aromatic N) is 2. The summed E-state index contributed by atoms with van der Waals surface area (Å²) in [4.78, 5) is 14.3. The second-order valence-corrected chi connectivity index (χ2v) is 3.12. The molecular weight excluding hydrogens is 226 g/mol. The lowest BCUT2D eigenvalue weighted by Gasteiger charge is -2.05. The fourth-order valence-corrected chi connectivity index (χ4v) is 1.28. The highest BCUT2D eigenvalue weighted by Crippen LogP contribution is 2.24. The predicted octanol–water partition coefficient (Wildman–Crippen LogP) is 2.58. The normalized spacial score (nSPS) is 10.1. The van der Waals surface area contributed by atoms with E-state index in [9.17, 15) is 13.6 Å². The molecule has 0 aliphatic carbocycles. The van der Waals surface area contributed by atoms with Crippen molar-refractivity contribution in [3.63, 3.8) is 0 Å². The van der Waals surface area contributed by atoms with Crippen molar-refractivity contribution in [3.05, 3.63) is 28.6 Å². The van der Waals surface area contributed by atoms with E-state index in [1.54, 1.807) is 0 Å². The Kier molecular flexibility index (Phi) is 3.32. The van der Waals surface area contributed by atoms with Gasteiger partial charge in [0.15, 0.2) is 0 Å². The maximum absolute atomic E-state index is 12.4. The first-order valence-corrected chi connectivity index (χ1v) is 4.24. The number of pyridine rings is 1. The smallest absolute Gasteiger partial charge is 0.271 e. The first kappa shape index (κ1) is 11.5. The van der Waals surface area contributed by atoms with E-state index < -0.39 is 22.9 Å². The summed E-state index contributed by atoms with van der Waals surface area (Å²) in [5, 5.41) is 7.69. The Morgan fingerprint density at radius 1 is 1.67 bits per heavy atom. The van der Waals surface area contributed by atoms with Crippen molar-refractivity contribution in [2.75, 3.05) is 0 Å². The van der Waals surface area contributed by atoms with Gasteiger partial charge in [0.1, 0.15) is 17.5 Å². The van der Waals surface area contributed by atoms with Crippen LogP contribution in [0.2, 0.25) is 0 Å². The van der Waals surface area contributed by atoms with E-state index in [1.165, 1.54) is 13.0 Å². The molecule has 0 radical (unpaired) electrons. The second kappa shape index (κ2) is 4.32. The molecule has 0 fully saturated rings. The molecule has 0 aliphatic rings. The fraction of sp³-hybridized carbons (Fsp3) is 0.222. The van der Waals surface area contributed by atoms with Crippen LogP contribution in [0.15, 0.2) is 6.07 Å². The number of aromatic nitrogens is 1. The molecule has 0 spiro atoms. The number of alkyl halides is 2. The summed E-state index contributed by atoms with van der Waals surface area (Å²) in [7, 11) is 0. The van der Waals surface area contributed by atoms with Gasteiger partial charge in [-0.25, -0.2) is 13.8 Å². The van der Waals surface area contributed by atoms with E-state index in [2.05, 4.69) is 4.98 Å². The Hall–Kier alpha value is -1.54. The monoisotopic (exact) mass is 230 g/mol. The lowest BCUT2D eigenvalue weighted by atomic mass is 10.1. The van der Waals surface area contributed by atoms with E-state index in [0.717, 1.165) is 6.07 Å². The molecule has 1 aromatic rings. The highest BCUT2D eigenvalue weighted by molar-refractivity contribution is 6.67. The summed E-state index contributed by atoms with van der Waals surface area (Å²) in [6.45, 7) is 1.43. The van der Waals surface area contributed by atoms with E-state index in [4.69, 9.17) is 16.9 Å². The number of carbonyl (C=O) groups is 1. The molecule has 0 unspecified atom stereocenters. The molecule has 3 nitrogen and oxygen atoms in total. The summed E-state index contributed by atoms with van der Waals surface area (Å²) >= 11 is 5.17. The number of hydrogen-bond acceptors (Lipinski definition) is 3. The molecule has 0 saturated carbocycles. The van der Waals surface area contributed by atoms with E-state index in [0.29, 0.717) is 0 Å². The van der Waals surface area contributed by atoms with Crippen LogP contribution < -0.4 is 0 Å². The number of hydrogen-bond donors (Lipinski definition) is 0. The van der Waals surface area contributed by atoms with Gasteiger partial charge in [-0.1, -0.05) is 0 Å². The Labute approximate surface area is 89.3 Å². The average Bonchev–Trinajstić information content (AvgIpc) is 2.16. The number of carbonyl (C=O) groups excluding carboxylic acids is 1. The topological polar surface area (TPSA) is 53.8 Å². The van der Waals surface area contributed by atoms with Crippen LogP contribution >= 0.6 is 11.6 Å². The van der Waals surface area contributed by atoms with E-state index in [-0.39, 0.29) is 11.3 Å². The first-order valence-electron chi connectivity index (χ1n) is 3.87. The number of aryl methyl sites for hydroxylation is 1. The minimum atomic E-state index is -2.80. The Balaban J connectivity index is 3.44. The molecule has 1 heterocycles. The predicted molar refractivity (Wildman–Crippen MR) is 48.8 cm³/mol. The zero-order valence-corrected chi connectivity index (χ0v) is 8.35. The van der Waals surface area contributed by atoms with Crippen LogP contribution in [0.4, 0.5) is 8.78 Å². The van der Waals surface area contributed by atoms with Crippen molar-refractivity contribution in [3.8, 4) is 6.07 Å². The summed E-state index contributed by atoms with van der Waals surface area (Å²) in [6, 6.07) is 2.54. The van der Waals surface area contributed by atoms with Crippen LogP contribution in [0.5, 0.6) is 0 Å². The van der Waals surface area contributed by atoms with Gasteiger partial charge in [0.2, 0.25) is 0 Å². The van der Waals surface area contributed by atoms with Crippen LogP contribution in [0.3, 0.4) is 0 Å². The molecule has 1 aromatic heterocycles. The molecule has 15 heavy (non-hydrogen) atoms. The highest BCUT2D eigenvalue weighted by Gasteiger charge is 2.18. The van der Waals surface area contributed by atoms with Gasteiger partial charge < -0.3 is 0 Å². The van der Waals surface area contributed by atoms with Crippen LogP contribution in [-0.2, 0) is 0 Å². The van der Waals surface area contributed by atoms with Crippen molar-refractivity contribution in [2.45, 2.75) is 13.3 Å². The van der Waals surface area contributed by atoms with Crippen LogP contribution in [0.25, 0.3) is 0 Å². The Morgan fingerprint density at radius 2 is 2.27 bits per heavy atom. The maximum atomic E-state index is 12.4. The highest BCUT2D eigenvalue weighted by atomic mass is 35.5. The average molecular weight is 231 g/mol. The van der Waals surface area contributed by atoms with Crippen molar-refractivity contribution in [1.29, 1.82) is 5.26 Å². The molecule has 0 aliphatic heterocycles. The van der Waals surface area contributed by atoms with Gasteiger partial charge >= 0.3 is 0 Å². The van der Waals surface area contributed by atoms with Gasteiger partial charge in [-0.3, -0.25) is 4.79 Å². The largest absolute Gasteiger partial charge is 0.274 e. The van der Waals surface area contributed by atoms with Crippen molar-refractivity contribution in [1.82, 2.24) is 4.98 Å². The molecular formula is C9H5ClF2N2O. The molecule has 0 amide bonds. The summed E-state index contributed by atoms with van der Waals surface area (Å²) in [5.74, 6) is 0. The van der Waals surface area contributed by atoms with Gasteiger partial charge in [-0.2, -0.15) is 5.26 Å². The number of rotatable bonds is 2. The Bertz CT molecular complexity index is 454. The summed E-state index contributed by atoms with van der Waals surface area (Å²) in [6.07, 6.45) is -2.80. The molecule has 0 N–H and O–H groups in total. The third-order valence-electron chi connectivity index (χ3n) is 1.77. The molecule has 0 bridgehead atoms. The first-order chi connectivity index (χ1) is 6.97. The third kappa shape index (κ3) is 2.28. The number of halogens is 3. The van der Waals surface area contributed by atoms with Crippen LogP contribution in [0, 0.1) is 18.3 Å². The third-order valence-corrected chi connectivity index (χ3v) is 1.95. The minimum absolute atomic E-state index is 0.169. The van der Waals surface area contributed by atoms with Crippen molar-refractivity contribution >= 4 is 16.8 Å². The van der Waals surface area contributed by atoms with E-state index in [1.807, 2.05) is 0 Å². The SMILES string of the molecule is Cc1cc(C(F)F)c(C#N)nc1C(=O)Cl. The minimum Gasteiger partial charge on any atom is -0.274 e. The molecule has 1 rings (SSSR count). The summed E-state index contributed by atoms with van der Waals surface area (Å²) < 4.78 is 24.8. The quantitative estimate of drug-likeness (QED) is 0.734. The Morgan fingerprint density at radius 3 is 2.67 bits per heavy atom. The molecule has 78 valence electrons. The van der Waals surface area contributed by atoms with Crippen molar-refractivity contribution < 1.29 is 13.6 Å². The van der Waals surface area contributed by atoms with Gasteiger partial charge in [-0.15, -0.1) is 0 Å². The lowest BCUT2D eigenvalue weighted by Crippen LogP contribution is -2.04. The number of nitriles is 1. The van der Waals surface area contributed by atoms with Gasteiger partial charge in [0.25, 0.3) is 11.7 Å². The van der Waals surface area contributed by atoms with Crippen LogP contribution in [-0.4, -0.2) is 10.2 Å². The standard InChI is InChI=1S/C9H5ClF2N2O/c1-4-2-5(9(11)12)6(3-13)14-7(4)8(10)15/h2,9H,1H3. The van der Waals surface area contributed by atoms with Crippen molar-refractivity contribution in [2.24, 2.45) is 0 Å².